The third-order valence-corrected chi connectivity index (χ3v) is 12.9. The summed E-state index contributed by atoms with van der Waals surface area (Å²) in [5.74, 6) is -0.460. The lowest BCUT2D eigenvalue weighted by Crippen LogP contribution is -2.51. The molecule has 0 radical (unpaired) electrons. The van der Waals surface area contributed by atoms with Crippen molar-refractivity contribution in [1.29, 1.82) is 0 Å². The highest BCUT2D eigenvalue weighted by molar-refractivity contribution is 9.10. The lowest BCUT2D eigenvalue weighted by atomic mass is 10.1. The first-order valence-electron chi connectivity index (χ1n) is 8.14. The van der Waals surface area contributed by atoms with Gasteiger partial charge in [0.1, 0.15) is 5.82 Å². The SMILES string of the molecule is CC(C)[Si](C(C)C)(C(C)C)n1ccc2c(Br)c(C=O)c(F)cc21. The van der Waals surface area contributed by atoms with E-state index in [1.807, 2.05) is 6.07 Å². The lowest BCUT2D eigenvalue weighted by Gasteiger charge is -2.44. The normalized spacial score (nSPS) is 12.8. The molecule has 1 aromatic carbocycles. The van der Waals surface area contributed by atoms with E-state index >= 15 is 0 Å². The zero-order chi connectivity index (χ0) is 17.5. The van der Waals surface area contributed by atoms with Crippen molar-refractivity contribution in [2.45, 2.75) is 58.2 Å². The monoisotopic (exact) mass is 397 g/mol. The smallest absolute Gasteiger partial charge is 0.169 e. The van der Waals surface area contributed by atoms with Gasteiger partial charge in [0.25, 0.3) is 0 Å². The predicted octanol–water partition coefficient (Wildman–Crippen LogP) is 6.38. The third kappa shape index (κ3) is 2.62. The molecule has 0 N–H and O–H groups in total. The van der Waals surface area contributed by atoms with E-state index < -0.39 is 14.1 Å². The largest absolute Gasteiger partial charge is 0.373 e. The molecule has 0 fully saturated rings. The van der Waals surface area contributed by atoms with Crippen LogP contribution in [0.5, 0.6) is 0 Å². The van der Waals surface area contributed by atoms with Gasteiger partial charge in [-0.25, -0.2) is 4.39 Å². The van der Waals surface area contributed by atoms with Crippen LogP contribution in [0.1, 0.15) is 51.9 Å². The Balaban J connectivity index is 2.89. The zero-order valence-corrected chi connectivity index (χ0v) is 17.2. The van der Waals surface area contributed by atoms with Crippen molar-refractivity contribution in [3.05, 3.63) is 34.2 Å². The fourth-order valence-electron chi connectivity index (χ4n) is 4.51. The van der Waals surface area contributed by atoms with Crippen LogP contribution in [-0.4, -0.2) is 18.8 Å². The van der Waals surface area contributed by atoms with Gasteiger partial charge >= 0.3 is 0 Å². The van der Waals surface area contributed by atoms with E-state index in [2.05, 4.69) is 67.9 Å². The summed E-state index contributed by atoms with van der Waals surface area (Å²) in [6, 6.07) is 3.53. The van der Waals surface area contributed by atoms with Gasteiger partial charge in [-0.05, 0) is 50.9 Å². The minimum absolute atomic E-state index is 0.0983. The van der Waals surface area contributed by atoms with Gasteiger partial charge in [-0.1, -0.05) is 41.5 Å². The highest BCUT2D eigenvalue weighted by atomic mass is 79.9. The number of aldehydes is 1. The highest BCUT2D eigenvalue weighted by Crippen LogP contribution is 2.45. The lowest BCUT2D eigenvalue weighted by molar-refractivity contribution is 0.111. The molecule has 0 unspecified atom stereocenters. The predicted molar refractivity (Wildman–Crippen MR) is 101 cm³/mol. The molecule has 0 atom stereocenters. The molecule has 0 saturated carbocycles. The van der Waals surface area contributed by atoms with Crippen molar-refractivity contribution in [1.82, 2.24) is 4.23 Å². The van der Waals surface area contributed by atoms with Crippen LogP contribution in [-0.2, 0) is 0 Å². The molecule has 0 aliphatic heterocycles. The first-order valence-corrected chi connectivity index (χ1v) is 11.1. The molecule has 0 aliphatic rings. The van der Waals surface area contributed by atoms with E-state index in [0.717, 1.165) is 10.9 Å². The maximum Gasteiger partial charge on any atom is 0.169 e. The fraction of sp³-hybridized carbons (Fsp3) is 0.500. The molecule has 0 aliphatic carbocycles. The average Bonchev–Trinajstić information content (AvgIpc) is 2.83. The summed E-state index contributed by atoms with van der Waals surface area (Å²) in [7, 11) is -1.95. The Labute approximate surface area is 147 Å². The zero-order valence-electron chi connectivity index (χ0n) is 14.7. The number of carbonyl (C=O) groups is 1. The number of rotatable bonds is 5. The summed E-state index contributed by atoms with van der Waals surface area (Å²) < 4.78 is 17.3. The van der Waals surface area contributed by atoms with E-state index in [-0.39, 0.29) is 5.56 Å². The molecule has 0 spiro atoms. The molecular weight excluding hydrogens is 373 g/mol. The van der Waals surface area contributed by atoms with Crippen LogP contribution in [0.2, 0.25) is 16.6 Å². The second-order valence-electron chi connectivity index (χ2n) is 7.17. The Hall–Kier alpha value is -0.943. The average molecular weight is 398 g/mol. The molecule has 0 saturated heterocycles. The second kappa shape index (κ2) is 6.52. The summed E-state index contributed by atoms with van der Waals surface area (Å²) in [4.78, 5) is 11.2. The van der Waals surface area contributed by atoms with Gasteiger partial charge < -0.3 is 4.23 Å². The van der Waals surface area contributed by atoms with Crippen molar-refractivity contribution in [2.24, 2.45) is 0 Å². The summed E-state index contributed by atoms with van der Waals surface area (Å²) in [6.07, 6.45) is 2.67. The van der Waals surface area contributed by atoms with Crippen molar-refractivity contribution in [3.63, 3.8) is 0 Å². The van der Waals surface area contributed by atoms with E-state index in [1.54, 1.807) is 0 Å². The van der Waals surface area contributed by atoms with Crippen LogP contribution in [0.25, 0.3) is 10.9 Å². The van der Waals surface area contributed by atoms with E-state index in [4.69, 9.17) is 0 Å². The minimum Gasteiger partial charge on any atom is -0.373 e. The van der Waals surface area contributed by atoms with Crippen molar-refractivity contribution >= 4 is 41.4 Å². The molecule has 1 heterocycles. The Kier molecular flexibility index (Phi) is 5.21. The highest BCUT2D eigenvalue weighted by Gasteiger charge is 2.45. The number of nitrogens with zero attached hydrogens (tertiary/aromatic N) is 1. The number of hydrogen-bond donors (Lipinski definition) is 0. The number of benzene rings is 1. The van der Waals surface area contributed by atoms with Crippen molar-refractivity contribution in [2.75, 3.05) is 0 Å². The molecule has 126 valence electrons. The quantitative estimate of drug-likeness (QED) is 0.423. The number of hydrogen-bond acceptors (Lipinski definition) is 1. The number of aromatic nitrogens is 1. The van der Waals surface area contributed by atoms with Gasteiger partial charge in [0.05, 0.1) is 5.56 Å². The minimum atomic E-state index is -1.95. The summed E-state index contributed by atoms with van der Waals surface area (Å²) in [5, 5.41) is 0.910. The molecule has 0 bridgehead atoms. The van der Waals surface area contributed by atoms with Gasteiger partial charge in [0.15, 0.2) is 14.5 Å². The molecule has 5 heteroatoms. The van der Waals surface area contributed by atoms with Gasteiger partial charge in [0.2, 0.25) is 0 Å². The topological polar surface area (TPSA) is 22.0 Å². The maximum absolute atomic E-state index is 14.4. The molecule has 2 aromatic rings. The first-order chi connectivity index (χ1) is 10.7. The van der Waals surface area contributed by atoms with Crippen LogP contribution in [0.15, 0.2) is 22.8 Å². The third-order valence-electron chi connectivity index (χ3n) is 5.23. The fourth-order valence-corrected chi connectivity index (χ4v) is 11.7. The van der Waals surface area contributed by atoms with Gasteiger partial charge in [-0.2, -0.15) is 0 Å². The van der Waals surface area contributed by atoms with E-state index in [1.165, 1.54) is 6.07 Å². The summed E-state index contributed by atoms with van der Waals surface area (Å²) in [5.41, 5.74) is 2.55. The van der Waals surface area contributed by atoms with Crippen LogP contribution in [0.4, 0.5) is 4.39 Å². The van der Waals surface area contributed by atoms with Crippen molar-refractivity contribution in [3.8, 4) is 0 Å². The molecular formula is C18H25BrFNOSi. The van der Waals surface area contributed by atoms with Crippen LogP contribution < -0.4 is 0 Å². The number of halogens is 2. The summed E-state index contributed by atoms with van der Waals surface area (Å²) >= 11 is 3.41. The molecule has 2 rings (SSSR count). The van der Waals surface area contributed by atoms with Gasteiger partial charge in [-0.15, -0.1) is 0 Å². The Morgan fingerprint density at radius 1 is 1.13 bits per heavy atom. The van der Waals surface area contributed by atoms with Gasteiger partial charge in [0, 0.05) is 15.4 Å². The Morgan fingerprint density at radius 2 is 1.65 bits per heavy atom. The summed E-state index contributed by atoms with van der Waals surface area (Å²) in [6.45, 7) is 13.7. The van der Waals surface area contributed by atoms with Crippen LogP contribution >= 0.6 is 15.9 Å². The molecule has 23 heavy (non-hydrogen) atoms. The first kappa shape index (κ1) is 18.4. The second-order valence-corrected chi connectivity index (χ2v) is 13.7. The van der Waals surface area contributed by atoms with Crippen LogP contribution in [0.3, 0.4) is 0 Å². The number of fused-ring (bicyclic) bond motifs is 1. The molecule has 0 amide bonds. The van der Waals surface area contributed by atoms with E-state index in [0.29, 0.717) is 27.4 Å². The molecule has 1 aromatic heterocycles. The molecule has 2 nitrogen and oxygen atoms in total. The van der Waals surface area contributed by atoms with E-state index in [9.17, 15) is 9.18 Å². The Morgan fingerprint density at radius 3 is 2.09 bits per heavy atom. The standard InChI is InChI=1S/C18H25BrFNOSi/c1-11(2)23(12(3)4,13(5)6)21-8-7-14-17(21)9-16(20)15(10-22)18(14)19/h7-13H,1-6H3. The van der Waals surface area contributed by atoms with Crippen molar-refractivity contribution < 1.29 is 9.18 Å². The maximum atomic E-state index is 14.4. The Bertz CT molecular complexity index is 714. The van der Waals surface area contributed by atoms with Gasteiger partial charge in [-0.3, -0.25) is 4.79 Å². The number of carbonyl (C=O) groups excluding carboxylic acids is 1. The van der Waals surface area contributed by atoms with Crippen LogP contribution in [0, 0.1) is 5.82 Å².